The minimum Gasteiger partial charge on any atom is -0.386 e. The van der Waals surface area contributed by atoms with Crippen molar-refractivity contribution in [3.05, 3.63) is 17.2 Å². The predicted molar refractivity (Wildman–Crippen MR) is 45.4 cm³/mol. The SMILES string of the molecule is N#Cc1c(C=O)cc(N)nc1OC(F)(F)F. The number of hydrogen-bond acceptors (Lipinski definition) is 5. The van der Waals surface area contributed by atoms with Crippen LogP contribution in [0.25, 0.3) is 0 Å². The molecule has 1 rings (SSSR count). The lowest BCUT2D eigenvalue weighted by molar-refractivity contribution is -0.276. The maximum Gasteiger partial charge on any atom is 0.574 e. The lowest BCUT2D eigenvalue weighted by atomic mass is 10.1. The summed E-state index contributed by atoms with van der Waals surface area (Å²) in [4.78, 5) is 13.7. The number of nitrogens with zero attached hydrogens (tertiary/aromatic N) is 2. The molecule has 1 heterocycles. The van der Waals surface area contributed by atoms with E-state index in [0.29, 0.717) is 0 Å². The number of halogens is 3. The van der Waals surface area contributed by atoms with Crippen molar-refractivity contribution in [2.45, 2.75) is 6.36 Å². The Balaban J connectivity index is 3.32. The van der Waals surface area contributed by atoms with Gasteiger partial charge in [0, 0.05) is 5.56 Å². The Morgan fingerprint density at radius 3 is 2.62 bits per heavy atom. The molecule has 0 saturated carbocycles. The Morgan fingerprint density at radius 1 is 1.56 bits per heavy atom. The smallest absolute Gasteiger partial charge is 0.386 e. The average Bonchev–Trinajstić information content (AvgIpc) is 2.14. The summed E-state index contributed by atoms with van der Waals surface area (Å²) < 4.78 is 39.2. The van der Waals surface area contributed by atoms with Crippen LogP contribution in [0.2, 0.25) is 0 Å². The van der Waals surface area contributed by atoms with Crippen molar-refractivity contribution in [3.8, 4) is 11.9 Å². The summed E-state index contributed by atoms with van der Waals surface area (Å²) >= 11 is 0. The summed E-state index contributed by atoms with van der Waals surface area (Å²) in [5.41, 5.74) is 4.23. The molecule has 16 heavy (non-hydrogen) atoms. The number of nitrogens with two attached hydrogens (primary N) is 1. The molecule has 0 atom stereocenters. The molecule has 5 nitrogen and oxygen atoms in total. The molecule has 0 amide bonds. The Morgan fingerprint density at radius 2 is 2.19 bits per heavy atom. The van der Waals surface area contributed by atoms with Crippen molar-refractivity contribution >= 4 is 12.1 Å². The van der Waals surface area contributed by atoms with Gasteiger partial charge in [-0.1, -0.05) is 0 Å². The third-order valence-electron chi connectivity index (χ3n) is 1.49. The summed E-state index contributed by atoms with van der Waals surface area (Å²) in [6, 6.07) is 2.37. The summed E-state index contributed by atoms with van der Waals surface area (Å²) in [5.74, 6) is -1.38. The molecule has 1 aromatic rings. The first-order valence-corrected chi connectivity index (χ1v) is 3.79. The van der Waals surface area contributed by atoms with Gasteiger partial charge in [-0.3, -0.25) is 4.79 Å². The number of hydrogen-bond donors (Lipinski definition) is 1. The Labute approximate surface area is 87.3 Å². The number of carbonyl (C=O) groups excluding carboxylic acids is 1. The predicted octanol–water partition coefficient (Wildman–Crippen LogP) is 1.25. The van der Waals surface area contributed by atoms with Gasteiger partial charge in [-0.25, -0.2) is 0 Å². The Hall–Kier alpha value is -2.30. The van der Waals surface area contributed by atoms with Gasteiger partial charge in [0.05, 0.1) is 0 Å². The van der Waals surface area contributed by atoms with E-state index in [1.165, 1.54) is 6.07 Å². The fraction of sp³-hybridized carbons (Fsp3) is 0.125. The minimum absolute atomic E-state index is 0.194. The van der Waals surface area contributed by atoms with Crippen LogP contribution in [0.5, 0.6) is 5.88 Å². The van der Waals surface area contributed by atoms with E-state index < -0.39 is 17.8 Å². The fourth-order valence-corrected chi connectivity index (χ4v) is 0.949. The van der Waals surface area contributed by atoms with E-state index in [1.807, 2.05) is 0 Å². The van der Waals surface area contributed by atoms with Crippen LogP contribution in [0.4, 0.5) is 19.0 Å². The summed E-state index contributed by atoms with van der Waals surface area (Å²) in [5, 5.41) is 8.58. The second kappa shape index (κ2) is 4.06. The molecule has 8 heteroatoms. The van der Waals surface area contributed by atoms with Gasteiger partial charge in [0.2, 0.25) is 5.88 Å². The van der Waals surface area contributed by atoms with Crippen molar-refractivity contribution in [1.82, 2.24) is 4.98 Å². The monoisotopic (exact) mass is 231 g/mol. The number of aldehydes is 1. The second-order valence-corrected chi connectivity index (χ2v) is 2.59. The van der Waals surface area contributed by atoms with Crippen LogP contribution in [-0.2, 0) is 0 Å². The molecule has 0 spiro atoms. The second-order valence-electron chi connectivity index (χ2n) is 2.59. The maximum absolute atomic E-state index is 11.9. The summed E-state index contributed by atoms with van der Waals surface area (Å²) in [6.07, 6.45) is -4.81. The number of pyridine rings is 1. The van der Waals surface area contributed by atoms with Crippen LogP contribution in [0.3, 0.4) is 0 Å². The van der Waals surface area contributed by atoms with E-state index >= 15 is 0 Å². The average molecular weight is 231 g/mol. The van der Waals surface area contributed by atoms with Gasteiger partial charge in [0.25, 0.3) is 0 Å². The van der Waals surface area contributed by atoms with Gasteiger partial charge in [0.1, 0.15) is 17.5 Å². The molecule has 2 N–H and O–H groups in total. The molecular formula is C8H4F3N3O2. The lowest BCUT2D eigenvalue weighted by Crippen LogP contribution is -2.19. The highest BCUT2D eigenvalue weighted by Gasteiger charge is 2.33. The van der Waals surface area contributed by atoms with Gasteiger partial charge >= 0.3 is 6.36 Å². The largest absolute Gasteiger partial charge is 0.574 e. The van der Waals surface area contributed by atoms with Crippen LogP contribution in [0, 0.1) is 11.3 Å². The molecule has 1 aromatic heterocycles. The van der Waals surface area contributed by atoms with Crippen LogP contribution in [-0.4, -0.2) is 17.6 Å². The number of rotatable bonds is 2. The van der Waals surface area contributed by atoms with E-state index in [1.54, 1.807) is 0 Å². The van der Waals surface area contributed by atoms with Crippen molar-refractivity contribution < 1.29 is 22.7 Å². The third kappa shape index (κ3) is 2.60. The van der Waals surface area contributed by atoms with E-state index in [0.717, 1.165) is 6.07 Å². The van der Waals surface area contributed by atoms with Crippen molar-refractivity contribution in [2.24, 2.45) is 0 Å². The maximum atomic E-state index is 11.9. The molecule has 0 aliphatic heterocycles. The molecule has 0 fully saturated rings. The first kappa shape index (κ1) is 11.8. The Kier molecular flexibility index (Phi) is 2.99. The van der Waals surface area contributed by atoms with Crippen LogP contribution in [0.15, 0.2) is 6.07 Å². The zero-order chi connectivity index (χ0) is 12.3. The Bertz CT molecular complexity index is 465. The van der Waals surface area contributed by atoms with Crippen LogP contribution in [0.1, 0.15) is 15.9 Å². The van der Waals surface area contributed by atoms with Crippen molar-refractivity contribution in [3.63, 3.8) is 0 Å². The van der Waals surface area contributed by atoms with Crippen LogP contribution >= 0.6 is 0 Å². The highest BCUT2D eigenvalue weighted by Crippen LogP contribution is 2.26. The van der Waals surface area contributed by atoms with E-state index in [2.05, 4.69) is 9.72 Å². The number of nitrogen functional groups attached to an aromatic ring is 1. The van der Waals surface area contributed by atoms with Gasteiger partial charge in [-0.05, 0) is 6.07 Å². The molecule has 0 aliphatic carbocycles. The van der Waals surface area contributed by atoms with E-state index in [4.69, 9.17) is 11.0 Å². The molecule has 0 bridgehead atoms. The quantitative estimate of drug-likeness (QED) is 0.773. The minimum atomic E-state index is -5.01. The summed E-state index contributed by atoms with van der Waals surface area (Å²) in [7, 11) is 0. The number of alkyl halides is 3. The van der Waals surface area contributed by atoms with Gasteiger partial charge in [0.15, 0.2) is 6.29 Å². The number of carbonyl (C=O) groups is 1. The molecular weight excluding hydrogens is 227 g/mol. The van der Waals surface area contributed by atoms with Crippen LogP contribution < -0.4 is 10.5 Å². The topological polar surface area (TPSA) is 89.0 Å². The molecule has 0 radical (unpaired) electrons. The normalized spacial score (nSPS) is 10.6. The van der Waals surface area contributed by atoms with Crippen molar-refractivity contribution in [2.75, 3.05) is 5.73 Å². The third-order valence-corrected chi connectivity index (χ3v) is 1.49. The number of aromatic nitrogens is 1. The standard InChI is InChI=1S/C8H4F3N3O2/c9-8(10,11)16-7-5(2-12)4(3-15)1-6(13)14-7/h1,3H,(H2,13,14). The van der Waals surface area contributed by atoms with E-state index in [-0.39, 0.29) is 17.7 Å². The molecule has 84 valence electrons. The summed E-state index contributed by atoms with van der Waals surface area (Å²) in [6.45, 7) is 0. The number of nitriles is 1. The molecule has 0 aromatic carbocycles. The number of ether oxygens (including phenoxy) is 1. The van der Waals surface area contributed by atoms with Gasteiger partial charge in [-0.15, -0.1) is 13.2 Å². The number of anilines is 1. The van der Waals surface area contributed by atoms with Gasteiger partial charge < -0.3 is 10.5 Å². The van der Waals surface area contributed by atoms with Gasteiger partial charge in [-0.2, -0.15) is 10.2 Å². The zero-order valence-electron chi connectivity index (χ0n) is 7.58. The van der Waals surface area contributed by atoms with E-state index in [9.17, 15) is 18.0 Å². The zero-order valence-corrected chi connectivity index (χ0v) is 7.58. The first-order chi connectivity index (χ1) is 7.37. The highest BCUT2D eigenvalue weighted by molar-refractivity contribution is 5.81. The first-order valence-electron chi connectivity index (χ1n) is 3.79. The molecule has 0 unspecified atom stereocenters. The fourth-order valence-electron chi connectivity index (χ4n) is 0.949. The lowest BCUT2D eigenvalue weighted by Gasteiger charge is -2.10. The molecule has 0 saturated heterocycles. The highest BCUT2D eigenvalue weighted by atomic mass is 19.4. The molecule has 0 aliphatic rings. The van der Waals surface area contributed by atoms with Crippen molar-refractivity contribution in [1.29, 1.82) is 5.26 Å².